The van der Waals surface area contributed by atoms with Gasteiger partial charge in [-0.05, 0) is 48.5 Å². The van der Waals surface area contributed by atoms with Crippen LogP contribution < -0.4 is 0 Å². The average Bonchev–Trinajstić information content (AvgIpc) is 3.11. The van der Waals surface area contributed by atoms with Crippen LogP contribution in [0, 0.1) is 15.9 Å². The summed E-state index contributed by atoms with van der Waals surface area (Å²) in [5.41, 5.74) is 2.09. The molecule has 28 heavy (non-hydrogen) atoms. The molecular weight excluding hydrogens is 365 g/mol. The lowest BCUT2D eigenvalue weighted by atomic mass is 10.2. The summed E-state index contributed by atoms with van der Waals surface area (Å²) >= 11 is 0. The fourth-order valence-electron chi connectivity index (χ4n) is 2.66. The molecule has 7 nitrogen and oxygen atoms in total. The van der Waals surface area contributed by atoms with E-state index in [0.29, 0.717) is 28.2 Å². The zero-order chi connectivity index (χ0) is 19.7. The Morgan fingerprint density at radius 2 is 1.93 bits per heavy atom. The van der Waals surface area contributed by atoms with Crippen LogP contribution in [0.4, 0.5) is 15.8 Å². The number of halogens is 1. The molecule has 0 aliphatic carbocycles. The molecule has 0 aliphatic rings. The van der Waals surface area contributed by atoms with Crippen molar-refractivity contribution in [2.24, 2.45) is 4.99 Å². The molecule has 3 aromatic carbocycles. The first-order valence-corrected chi connectivity index (χ1v) is 8.18. The van der Waals surface area contributed by atoms with E-state index in [-0.39, 0.29) is 17.1 Å². The lowest BCUT2D eigenvalue weighted by Gasteiger charge is -1.99. The number of nitrogens with zero attached hydrogens (tertiary/aromatic N) is 3. The van der Waals surface area contributed by atoms with Crippen molar-refractivity contribution < 1.29 is 18.8 Å². The molecule has 0 fully saturated rings. The van der Waals surface area contributed by atoms with Gasteiger partial charge in [0.25, 0.3) is 0 Å². The normalized spacial score (nSPS) is 11.3. The zero-order valence-electron chi connectivity index (χ0n) is 14.2. The van der Waals surface area contributed by atoms with Gasteiger partial charge in [-0.25, -0.2) is 9.37 Å². The molecule has 4 rings (SSSR count). The van der Waals surface area contributed by atoms with Gasteiger partial charge in [0.15, 0.2) is 5.58 Å². The summed E-state index contributed by atoms with van der Waals surface area (Å²) in [6.07, 6.45) is 1.34. The minimum absolute atomic E-state index is 0.224. The average molecular weight is 377 g/mol. The quantitative estimate of drug-likeness (QED) is 0.306. The molecular formula is C20H12FN3O4. The van der Waals surface area contributed by atoms with Crippen LogP contribution in [0.25, 0.3) is 22.6 Å². The van der Waals surface area contributed by atoms with Crippen molar-refractivity contribution in [2.75, 3.05) is 0 Å². The van der Waals surface area contributed by atoms with E-state index in [1.54, 1.807) is 30.3 Å². The Kier molecular flexibility index (Phi) is 4.29. The number of aliphatic imine (C=N–C) groups is 1. The van der Waals surface area contributed by atoms with Crippen LogP contribution in [0.3, 0.4) is 0 Å². The summed E-state index contributed by atoms with van der Waals surface area (Å²) in [7, 11) is 0. The van der Waals surface area contributed by atoms with Crippen molar-refractivity contribution in [1.29, 1.82) is 0 Å². The summed E-state index contributed by atoms with van der Waals surface area (Å²) in [6.45, 7) is 0. The maximum Gasteiger partial charge on any atom is 0.311 e. The molecule has 0 atom stereocenters. The van der Waals surface area contributed by atoms with Gasteiger partial charge in [0, 0.05) is 23.4 Å². The van der Waals surface area contributed by atoms with Gasteiger partial charge in [0.05, 0.1) is 10.6 Å². The van der Waals surface area contributed by atoms with Crippen LogP contribution in [0.5, 0.6) is 5.75 Å². The van der Waals surface area contributed by atoms with Gasteiger partial charge in [-0.2, -0.15) is 0 Å². The van der Waals surface area contributed by atoms with Crippen LogP contribution >= 0.6 is 0 Å². The molecule has 0 amide bonds. The van der Waals surface area contributed by atoms with E-state index in [4.69, 9.17) is 4.42 Å². The first-order valence-electron chi connectivity index (χ1n) is 8.18. The van der Waals surface area contributed by atoms with Crippen LogP contribution in [-0.4, -0.2) is 21.2 Å². The molecule has 0 spiro atoms. The van der Waals surface area contributed by atoms with E-state index in [1.165, 1.54) is 36.5 Å². The Hall–Kier alpha value is -4.07. The number of hydrogen-bond donors (Lipinski definition) is 1. The highest BCUT2D eigenvalue weighted by atomic mass is 19.1. The Labute approximate surface area is 157 Å². The molecule has 138 valence electrons. The summed E-state index contributed by atoms with van der Waals surface area (Å²) in [4.78, 5) is 18.9. The molecule has 8 heteroatoms. The first kappa shape index (κ1) is 17.3. The largest absolute Gasteiger partial charge is 0.502 e. The van der Waals surface area contributed by atoms with Crippen molar-refractivity contribution in [2.45, 2.75) is 0 Å². The summed E-state index contributed by atoms with van der Waals surface area (Å²) in [5.74, 6) is -0.439. The van der Waals surface area contributed by atoms with Crippen LogP contribution in [0.2, 0.25) is 0 Å². The predicted octanol–water partition coefficient (Wildman–Crippen LogP) is 5.00. The highest BCUT2D eigenvalue weighted by Gasteiger charge is 2.15. The SMILES string of the molecule is O=[N+]([O-])c1cccc(C=Nc2ccc3oc(-c4ccc(F)cc4)nc3c2)c1O. The number of nitro groups is 1. The highest BCUT2D eigenvalue weighted by molar-refractivity contribution is 5.88. The number of fused-ring (bicyclic) bond motifs is 1. The van der Waals surface area contributed by atoms with E-state index in [1.807, 2.05) is 0 Å². The third kappa shape index (κ3) is 3.30. The smallest absolute Gasteiger partial charge is 0.311 e. The fourth-order valence-corrected chi connectivity index (χ4v) is 2.66. The molecule has 0 saturated carbocycles. The number of phenols is 1. The molecule has 0 saturated heterocycles. The van der Waals surface area contributed by atoms with Gasteiger partial charge in [0.1, 0.15) is 11.3 Å². The lowest BCUT2D eigenvalue weighted by Crippen LogP contribution is -1.91. The molecule has 1 N–H and O–H groups in total. The van der Waals surface area contributed by atoms with Crippen molar-refractivity contribution in [1.82, 2.24) is 4.98 Å². The van der Waals surface area contributed by atoms with Crippen molar-refractivity contribution >= 4 is 28.7 Å². The molecule has 4 aromatic rings. The Balaban J connectivity index is 1.65. The number of para-hydroxylation sites is 1. The molecule has 0 unspecified atom stereocenters. The second-order valence-corrected chi connectivity index (χ2v) is 5.91. The summed E-state index contributed by atoms with van der Waals surface area (Å²) in [5, 5.41) is 20.9. The second kappa shape index (κ2) is 6.92. The number of nitro benzene ring substituents is 1. The number of rotatable bonds is 4. The maximum absolute atomic E-state index is 13.1. The third-order valence-corrected chi connectivity index (χ3v) is 4.06. The molecule has 1 aromatic heterocycles. The van der Waals surface area contributed by atoms with E-state index >= 15 is 0 Å². The van der Waals surface area contributed by atoms with Crippen molar-refractivity contribution in [3.05, 3.63) is 82.2 Å². The Bertz CT molecular complexity index is 1220. The minimum atomic E-state index is -0.662. The zero-order valence-corrected chi connectivity index (χ0v) is 14.2. The Morgan fingerprint density at radius 3 is 2.68 bits per heavy atom. The Morgan fingerprint density at radius 1 is 1.14 bits per heavy atom. The molecule has 0 aliphatic heterocycles. The van der Waals surface area contributed by atoms with Crippen LogP contribution in [0.15, 0.2) is 70.1 Å². The number of oxazole rings is 1. The molecule has 0 bridgehead atoms. The van der Waals surface area contributed by atoms with Crippen LogP contribution in [0.1, 0.15) is 5.56 Å². The van der Waals surface area contributed by atoms with Crippen LogP contribution in [-0.2, 0) is 0 Å². The van der Waals surface area contributed by atoms with Gasteiger partial charge in [-0.15, -0.1) is 0 Å². The van der Waals surface area contributed by atoms with E-state index in [0.717, 1.165) is 0 Å². The molecule has 1 heterocycles. The van der Waals surface area contributed by atoms with Gasteiger partial charge in [-0.1, -0.05) is 6.07 Å². The fraction of sp³-hybridized carbons (Fsp3) is 0. The third-order valence-electron chi connectivity index (χ3n) is 4.06. The number of phenolic OH excluding ortho intramolecular Hbond substituents is 1. The first-order chi connectivity index (χ1) is 13.5. The lowest BCUT2D eigenvalue weighted by molar-refractivity contribution is -0.385. The maximum atomic E-state index is 13.1. The number of aromatic hydroxyl groups is 1. The standard InChI is InChI=1S/C20H12FN3O4/c21-14-6-4-12(5-7-14)20-23-16-10-15(8-9-18(16)28-20)22-11-13-2-1-3-17(19(13)25)24(26)27/h1-11,25H. The second-order valence-electron chi connectivity index (χ2n) is 5.91. The number of benzene rings is 3. The van der Waals surface area contributed by atoms with Gasteiger partial charge in [-0.3, -0.25) is 15.1 Å². The van der Waals surface area contributed by atoms with E-state index < -0.39 is 10.7 Å². The van der Waals surface area contributed by atoms with Crippen molar-refractivity contribution in [3.63, 3.8) is 0 Å². The summed E-state index contributed by atoms with van der Waals surface area (Å²) in [6, 6.07) is 15.1. The number of hydrogen-bond acceptors (Lipinski definition) is 6. The minimum Gasteiger partial charge on any atom is -0.502 e. The van der Waals surface area contributed by atoms with Gasteiger partial charge < -0.3 is 9.52 Å². The van der Waals surface area contributed by atoms with Crippen molar-refractivity contribution in [3.8, 4) is 17.2 Å². The van der Waals surface area contributed by atoms with Gasteiger partial charge >= 0.3 is 5.69 Å². The predicted molar refractivity (Wildman–Crippen MR) is 101 cm³/mol. The topological polar surface area (TPSA) is 102 Å². The number of aromatic nitrogens is 1. The van der Waals surface area contributed by atoms with E-state index in [2.05, 4.69) is 9.98 Å². The van der Waals surface area contributed by atoms with Gasteiger partial charge in [0.2, 0.25) is 11.6 Å². The monoisotopic (exact) mass is 377 g/mol. The highest BCUT2D eigenvalue weighted by Crippen LogP contribution is 2.30. The molecule has 0 radical (unpaired) electrons. The van der Waals surface area contributed by atoms with E-state index in [9.17, 15) is 19.6 Å². The summed E-state index contributed by atoms with van der Waals surface area (Å²) < 4.78 is 18.7.